The maximum absolute atomic E-state index is 12.1. The van der Waals surface area contributed by atoms with Crippen molar-refractivity contribution >= 4 is 27.6 Å². The molecule has 144 valence electrons. The molecule has 27 heavy (non-hydrogen) atoms. The fraction of sp³-hybridized carbons (Fsp3) is 0.222. The number of esters is 1. The molecule has 0 saturated carbocycles. The summed E-state index contributed by atoms with van der Waals surface area (Å²) in [7, 11) is -2.28. The van der Waals surface area contributed by atoms with Crippen molar-refractivity contribution in [2.45, 2.75) is 24.3 Å². The molecule has 0 radical (unpaired) electrons. The molecule has 0 aliphatic heterocycles. The molecule has 0 saturated heterocycles. The van der Waals surface area contributed by atoms with Gasteiger partial charge in [0.1, 0.15) is 5.75 Å². The topological polar surface area (TPSA) is 125 Å². The fourth-order valence-electron chi connectivity index (χ4n) is 2.21. The molecule has 9 heteroatoms. The number of carbonyl (C=O) groups excluding carboxylic acids is 2. The van der Waals surface area contributed by atoms with Gasteiger partial charge in [-0.1, -0.05) is 12.1 Å². The molecule has 2 rings (SSSR count). The Labute approximate surface area is 157 Å². The Morgan fingerprint density at radius 2 is 1.81 bits per heavy atom. The molecule has 0 fully saturated rings. The van der Waals surface area contributed by atoms with Crippen LogP contribution in [0.3, 0.4) is 0 Å². The highest BCUT2D eigenvalue weighted by molar-refractivity contribution is 7.89. The summed E-state index contributed by atoms with van der Waals surface area (Å²) in [6.45, 7) is 1.44. The molecule has 2 aromatic carbocycles. The number of amides is 1. The maximum atomic E-state index is 12.1. The van der Waals surface area contributed by atoms with E-state index >= 15 is 0 Å². The molecule has 0 bridgehead atoms. The molecule has 1 amide bonds. The molecule has 1 atom stereocenters. The minimum Gasteiger partial charge on any atom is -0.497 e. The first-order valence-electron chi connectivity index (χ1n) is 7.95. The Balaban J connectivity index is 1.91. The van der Waals surface area contributed by atoms with Gasteiger partial charge in [-0.05, 0) is 48.9 Å². The van der Waals surface area contributed by atoms with Crippen LogP contribution in [0.4, 0.5) is 5.69 Å². The van der Waals surface area contributed by atoms with Gasteiger partial charge >= 0.3 is 5.97 Å². The second-order valence-electron chi connectivity index (χ2n) is 5.72. The zero-order valence-electron chi connectivity index (χ0n) is 14.8. The lowest BCUT2D eigenvalue weighted by atomic mass is 10.1. The van der Waals surface area contributed by atoms with E-state index in [0.29, 0.717) is 17.0 Å². The van der Waals surface area contributed by atoms with E-state index in [1.54, 1.807) is 24.3 Å². The van der Waals surface area contributed by atoms with Crippen LogP contribution in [0.5, 0.6) is 5.75 Å². The Morgan fingerprint density at radius 3 is 2.41 bits per heavy atom. The van der Waals surface area contributed by atoms with Gasteiger partial charge in [0.15, 0.2) is 6.10 Å². The first kappa shape index (κ1) is 20.4. The maximum Gasteiger partial charge on any atom is 0.311 e. The number of hydrogen-bond acceptors (Lipinski definition) is 6. The average molecular weight is 392 g/mol. The quantitative estimate of drug-likeness (QED) is 0.687. The number of ether oxygens (including phenoxy) is 2. The molecule has 8 nitrogen and oxygen atoms in total. The normalized spacial score (nSPS) is 12.1. The lowest BCUT2D eigenvalue weighted by Crippen LogP contribution is -2.30. The van der Waals surface area contributed by atoms with Gasteiger partial charge in [-0.2, -0.15) is 0 Å². The highest BCUT2D eigenvalue weighted by Gasteiger charge is 2.18. The third-order valence-electron chi connectivity index (χ3n) is 3.61. The molecule has 0 aromatic heterocycles. The molecule has 0 aliphatic carbocycles. The van der Waals surface area contributed by atoms with E-state index in [9.17, 15) is 18.0 Å². The van der Waals surface area contributed by atoms with Gasteiger partial charge in [0.2, 0.25) is 10.0 Å². The van der Waals surface area contributed by atoms with Crippen LogP contribution in [0.15, 0.2) is 53.4 Å². The fourth-order valence-corrected chi connectivity index (χ4v) is 2.73. The number of primary sulfonamides is 1. The zero-order chi connectivity index (χ0) is 20.0. The number of carbonyl (C=O) groups is 2. The second kappa shape index (κ2) is 8.65. The summed E-state index contributed by atoms with van der Waals surface area (Å²) >= 11 is 0. The summed E-state index contributed by atoms with van der Waals surface area (Å²) in [6, 6.07) is 12.3. The van der Waals surface area contributed by atoms with Crippen LogP contribution in [-0.2, 0) is 30.8 Å². The highest BCUT2D eigenvalue weighted by Crippen LogP contribution is 2.15. The summed E-state index contributed by atoms with van der Waals surface area (Å²) in [6.07, 6.45) is -1.03. The highest BCUT2D eigenvalue weighted by atomic mass is 32.2. The lowest BCUT2D eigenvalue weighted by Gasteiger charge is -2.14. The van der Waals surface area contributed by atoms with Crippen LogP contribution in [0, 0.1) is 0 Å². The number of nitrogens with two attached hydrogens (primary N) is 1. The van der Waals surface area contributed by atoms with E-state index in [1.807, 2.05) is 0 Å². The third kappa shape index (κ3) is 6.08. The Kier molecular flexibility index (Phi) is 6.54. The predicted molar refractivity (Wildman–Crippen MR) is 98.7 cm³/mol. The van der Waals surface area contributed by atoms with Crippen molar-refractivity contribution in [1.82, 2.24) is 0 Å². The van der Waals surface area contributed by atoms with E-state index in [0.717, 1.165) is 0 Å². The van der Waals surface area contributed by atoms with Crippen molar-refractivity contribution in [3.63, 3.8) is 0 Å². The zero-order valence-corrected chi connectivity index (χ0v) is 15.7. The number of anilines is 1. The van der Waals surface area contributed by atoms with E-state index in [4.69, 9.17) is 14.6 Å². The summed E-state index contributed by atoms with van der Waals surface area (Å²) in [5.41, 5.74) is 1.05. The van der Waals surface area contributed by atoms with Gasteiger partial charge in [-0.3, -0.25) is 9.59 Å². The minimum atomic E-state index is -3.81. The number of nitrogens with one attached hydrogen (secondary N) is 1. The van der Waals surface area contributed by atoms with Crippen LogP contribution in [0.25, 0.3) is 0 Å². The Morgan fingerprint density at radius 1 is 1.15 bits per heavy atom. The number of hydrogen-bond donors (Lipinski definition) is 2. The first-order valence-corrected chi connectivity index (χ1v) is 9.50. The van der Waals surface area contributed by atoms with Gasteiger partial charge in [-0.25, -0.2) is 13.6 Å². The van der Waals surface area contributed by atoms with Crippen molar-refractivity contribution in [1.29, 1.82) is 0 Å². The van der Waals surface area contributed by atoms with E-state index in [2.05, 4.69) is 5.32 Å². The Bertz CT molecular complexity index is 925. The number of rotatable bonds is 7. The molecule has 0 heterocycles. The smallest absolute Gasteiger partial charge is 0.311 e. The number of benzene rings is 2. The molecule has 0 spiro atoms. The first-order chi connectivity index (χ1) is 12.7. The van der Waals surface area contributed by atoms with Crippen LogP contribution >= 0.6 is 0 Å². The van der Waals surface area contributed by atoms with E-state index in [1.165, 1.54) is 38.3 Å². The largest absolute Gasteiger partial charge is 0.497 e. The SMILES string of the molecule is COc1cccc(CC(=O)O[C@@H](C)C(=O)Nc2ccc(S(N)(=O)=O)cc2)c1. The van der Waals surface area contributed by atoms with Crippen LogP contribution < -0.4 is 15.2 Å². The van der Waals surface area contributed by atoms with Gasteiger partial charge in [-0.15, -0.1) is 0 Å². The summed E-state index contributed by atoms with van der Waals surface area (Å²) in [4.78, 5) is 24.1. The minimum absolute atomic E-state index is 0.00211. The number of sulfonamides is 1. The van der Waals surface area contributed by atoms with Gasteiger partial charge in [0, 0.05) is 5.69 Å². The van der Waals surface area contributed by atoms with Crippen molar-refractivity contribution in [3.05, 3.63) is 54.1 Å². The monoisotopic (exact) mass is 392 g/mol. The molecule has 0 unspecified atom stereocenters. The summed E-state index contributed by atoms with van der Waals surface area (Å²) in [5, 5.41) is 7.55. The Hall–Kier alpha value is -2.91. The average Bonchev–Trinajstić information content (AvgIpc) is 2.61. The summed E-state index contributed by atoms with van der Waals surface area (Å²) < 4.78 is 32.6. The van der Waals surface area contributed by atoms with Crippen LogP contribution in [-0.4, -0.2) is 33.5 Å². The second-order valence-corrected chi connectivity index (χ2v) is 7.28. The van der Waals surface area contributed by atoms with Crippen molar-refractivity contribution < 1.29 is 27.5 Å². The van der Waals surface area contributed by atoms with E-state index in [-0.39, 0.29) is 11.3 Å². The molecular formula is C18H20N2O6S. The molecule has 3 N–H and O–H groups in total. The summed E-state index contributed by atoms with van der Waals surface area (Å²) in [5.74, 6) is -0.484. The van der Waals surface area contributed by atoms with Gasteiger partial charge in [0.05, 0.1) is 18.4 Å². The molecular weight excluding hydrogens is 372 g/mol. The predicted octanol–water partition coefficient (Wildman–Crippen LogP) is 1.46. The van der Waals surface area contributed by atoms with Crippen LogP contribution in [0.1, 0.15) is 12.5 Å². The van der Waals surface area contributed by atoms with Crippen molar-refractivity contribution in [2.24, 2.45) is 5.14 Å². The van der Waals surface area contributed by atoms with Crippen LogP contribution in [0.2, 0.25) is 0 Å². The van der Waals surface area contributed by atoms with Gasteiger partial charge in [0.25, 0.3) is 5.91 Å². The van der Waals surface area contributed by atoms with Gasteiger partial charge < -0.3 is 14.8 Å². The van der Waals surface area contributed by atoms with E-state index < -0.39 is 28.0 Å². The number of methoxy groups -OCH3 is 1. The third-order valence-corrected chi connectivity index (χ3v) is 4.54. The standard InChI is InChI=1S/C18H20N2O6S/c1-12(26-17(21)11-13-4-3-5-15(10-13)25-2)18(22)20-14-6-8-16(9-7-14)27(19,23)24/h3-10,12H,11H2,1-2H3,(H,20,22)(H2,19,23,24)/t12-/m0/s1. The molecule has 2 aromatic rings. The van der Waals surface area contributed by atoms with Crippen molar-refractivity contribution in [2.75, 3.05) is 12.4 Å². The lowest BCUT2D eigenvalue weighted by molar-refractivity contribution is -0.152. The van der Waals surface area contributed by atoms with Crippen molar-refractivity contribution in [3.8, 4) is 5.75 Å². The molecule has 0 aliphatic rings.